The van der Waals surface area contributed by atoms with Gasteiger partial charge in [0, 0.05) is 11.3 Å². The SMILES string of the molecule is COc1ccc(C2NC(=O)C(Cc3cccs3)NC2=O)cc1F. The molecule has 2 aromatic rings. The van der Waals surface area contributed by atoms with Gasteiger partial charge in [0.15, 0.2) is 11.6 Å². The predicted octanol–water partition coefficient (Wildman–Crippen LogP) is 1.79. The average Bonchev–Trinajstić information content (AvgIpc) is 3.03. The molecule has 1 aliphatic heterocycles. The van der Waals surface area contributed by atoms with Gasteiger partial charge in [0.05, 0.1) is 7.11 Å². The second-order valence-corrected chi connectivity index (χ2v) is 6.21. The van der Waals surface area contributed by atoms with Crippen molar-refractivity contribution in [2.45, 2.75) is 18.5 Å². The van der Waals surface area contributed by atoms with Crippen molar-refractivity contribution >= 4 is 23.2 Å². The van der Waals surface area contributed by atoms with Crippen molar-refractivity contribution < 1.29 is 18.7 Å². The van der Waals surface area contributed by atoms with Gasteiger partial charge in [-0.05, 0) is 29.1 Å². The van der Waals surface area contributed by atoms with Gasteiger partial charge in [-0.3, -0.25) is 9.59 Å². The third-order valence-electron chi connectivity index (χ3n) is 3.68. The Balaban J connectivity index is 1.75. The number of piperazine rings is 1. The molecule has 1 aromatic heterocycles. The number of carbonyl (C=O) groups is 2. The maximum atomic E-state index is 13.8. The molecule has 0 saturated carbocycles. The van der Waals surface area contributed by atoms with Crippen molar-refractivity contribution in [1.82, 2.24) is 10.6 Å². The number of ether oxygens (including phenoxy) is 1. The van der Waals surface area contributed by atoms with Crippen LogP contribution in [0.25, 0.3) is 0 Å². The van der Waals surface area contributed by atoms with Gasteiger partial charge >= 0.3 is 0 Å². The first-order chi connectivity index (χ1) is 11.1. The first kappa shape index (κ1) is 15.5. The second kappa shape index (κ2) is 6.37. The summed E-state index contributed by atoms with van der Waals surface area (Å²) in [5.74, 6) is -1.12. The van der Waals surface area contributed by atoms with Crippen LogP contribution in [-0.4, -0.2) is 25.0 Å². The molecule has 2 unspecified atom stereocenters. The summed E-state index contributed by atoms with van der Waals surface area (Å²) in [6, 6.07) is 6.49. The van der Waals surface area contributed by atoms with E-state index in [1.807, 2.05) is 17.5 Å². The van der Waals surface area contributed by atoms with Crippen LogP contribution in [0.5, 0.6) is 5.75 Å². The Morgan fingerprint density at radius 3 is 2.70 bits per heavy atom. The summed E-state index contributed by atoms with van der Waals surface area (Å²) in [7, 11) is 1.36. The molecule has 3 rings (SSSR count). The van der Waals surface area contributed by atoms with E-state index in [9.17, 15) is 14.0 Å². The van der Waals surface area contributed by atoms with Crippen molar-refractivity contribution in [3.8, 4) is 5.75 Å². The number of rotatable bonds is 4. The summed E-state index contributed by atoms with van der Waals surface area (Å²) in [5.41, 5.74) is 0.378. The Bertz CT molecular complexity index is 733. The van der Waals surface area contributed by atoms with Crippen molar-refractivity contribution in [2.75, 3.05) is 7.11 Å². The van der Waals surface area contributed by atoms with Crippen LogP contribution in [0.2, 0.25) is 0 Å². The number of benzene rings is 1. The molecular weight excluding hydrogens is 319 g/mol. The van der Waals surface area contributed by atoms with Crippen LogP contribution in [0, 0.1) is 5.82 Å². The first-order valence-electron chi connectivity index (χ1n) is 7.05. The van der Waals surface area contributed by atoms with Crippen molar-refractivity contribution in [1.29, 1.82) is 0 Å². The van der Waals surface area contributed by atoms with E-state index < -0.39 is 17.9 Å². The smallest absolute Gasteiger partial charge is 0.247 e. The molecule has 7 heteroatoms. The third kappa shape index (κ3) is 3.19. The summed E-state index contributed by atoms with van der Waals surface area (Å²) < 4.78 is 18.6. The summed E-state index contributed by atoms with van der Waals surface area (Å²) >= 11 is 1.53. The highest BCUT2D eigenvalue weighted by atomic mass is 32.1. The lowest BCUT2D eigenvalue weighted by atomic mass is 10.0. The molecule has 23 heavy (non-hydrogen) atoms. The number of hydrogen-bond acceptors (Lipinski definition) is 4. The number of amides is 2. The second-order valence-electron chi connectivity index (χ2n) is 5.18. The van der Waals surface area contributed by atoms with E-state index in [2.05, 4.69) is 10.6 Å². The standard InChI is InChI=1S/C16H15FN2O3S/c1-22-13-5-4-9(7-11(13)17)14-16(21)18-12(15(20)19-14)8-10-3-2-6-23-10/h2-7,12,14H,8H2,1H3,(H,18,21)(H,19,20). The zero-order valence-electron chi connectivity index (χ0n) is 12.3. The van der Waals surface area contributed by atoms with Crippen molar-refractivity contribution in [2.24, 2.45) is 0 Å². The van der Waals surface area contributed by atoms with E-state index >= 15 is 0 Å². The minimum Gasteiger partial charge on any atom is -0.494 e. The number of methoxy groups -OCH3 is 1. The van der Waals surface area contributed by atoms with E-state index in [0.29, 0.717) is 12.0 Å². The molecule has 2 amide bonds. The van der Waals surface area contributed by atoms with Gasteiger partial charge < -0.3 is 15.4 Å². The fourth-order valence-electron chi connectivity index (χ4n) is 2.50. The van der Waals surface area contributed by atoms with E-state index in [0.717, 1.165) is 4.88 Å². The number of thiophene rings is 1. The Morgan fingerprint density at radius 1 is 1.22 bits per heavy atom. The van der Waals surface area contributed by atoms with Crippen LogP contribution in [0.3, 0.4) is 0 Å². The molecule has 0 radical (unpaired) electrons. The molecule has 2 heterocycles. The predicted molar refractivity (Wildman–Crippen MR) is 83.8 cm³/mol. The molecule has 5 nitrogen and oxygen atoms in total. The van der Waals surface area contributed by atoms with Gasteiger partial charge in [-0.2, -0.15) is 0 Å². The van der Waals surface area contributed by atoms with Crippen LogP contribution >= 0.6 is 11.3 Å². The molecule has 1 saturated heterocycles. The average molecular weight is 334 g/mol. The van der Waals surface area contributed by atoms with E-state index in [4.69, 9.17) is 4.74 Å². The molecule has 0 aliphatic carbocycles. The fraction of sp³-hybridized carbons (Fsp3) is 0.250. The van der Waals surface area contributed by atoms with Gasteiger partial charge in [0.25, 0.3) is 0 Å². The van der Waals surface area contributed by atoms with Crippen molar-refractivity contribution in [3.05, 3.63) is 52.0 Å². The molecule has 2 atom stereocenters. The number of hydrogen-bond donors (Lipinski definition) is 2. The minimum atomic E-state index is -0.900. The number of nitrogens with one attached hydrogen (secondary N) is 2. The van der Waals surface area contributed by atoms with Gasteiger partial charge in [-0.15, -0.1) is 11.3 Å². The topological polar surface area (TPSA) is 67.4 Å². The Hall–Kier alpha value is -2.41. The monoisotopic (exact) mass is 334 g/mol. The van der Waals surface area contributed by atoms with Crippen LogP contribution in [0.4, 0.5) is 4.39 Å². The lowest BCUT2D eigenvalue weighted by Gasteiger charge is -2.29. The lowest BCUT2D eigenvalue weighted by molar-refractivity contribution is -0.136. The molecule has 120 valence electrons. The van der Waals surface area contributed by atoms with E-state index in [1.165, 1.54) is 30.6 Å². The van der Waals surface area contributed by atoms with Gasteiger partial charge in [0.2, 0.25) is 11.8 Å². The Kier molecular flexibility index (Phi) is 4.29. The normalized spacial score (nSPS) is 20.8. The zero-order chi connectivity index (χ0) is 16.4. The maximum Gasteiger partial charge on any atom is 0.247 e. The van der Waals surface area contributed by atoms with Gasteiger partial charge in [-0.1, -0.05) is 12.1 Å². The molecule has 0 bridgehead atoms. The highest BCUT2D eigenvalue weighted by Crippen LogP contribution is 2.24. The highest BCUT2D eigenvalue weighted by molar-refractivity contribution is 7.09. The number of carbonyl (C=O) groups excluding carboxylic acids is 2. The van der Waals surface area contributed by atoms with E-state index in [1.54, 1.807) is 6.07 Å². The van der Waals surface area contributed by atoms with Gasteiger partial charge in [-0.25, -0.2) is 4.39 Å². The maximum absolute atomic E-state index is 13.8. The fourth-order valence-corrected chi connectivity index (χ4v) is 3.25. The minimum absolute atomic E-state index is 0.0897. The largest absolute Gasteiger partial charge is 0.494 e. The van der Waals surface area contributed by atoms with Crippen LogP contribution in [0.1, 0.15) is 16.5 Å². The Labute approximate surface area is 136 Å². The molecule has 1 aliphatic rings. The zero-order valence-corrected chi connectivity index (χ0v) is 13.2. The van der Waals surface area contributed by atoms with Crippen LogP contribution in [0.15, 0.2) is 35.7 Å². The highest BCUT2D eigenvalue weighted by Gasteiger charge is 2.35. The molecular formula is C16H15FN2O3S. The van der Waals surface area contributed by atoms with Crippen LogP contribution in [-0.2, 0) is 16.0 Å². The number of halogens is 1. The van der Waals surface area contributed by atoms with E-state index in [-0.39, 0.29) is 17.6 Å². The van der Waals surface area contributed by atoms with Gasteiger partial charge in [0.1, 0.15) is 12.1 Å². The molecule has 1 aromatic carbocycles. The summed E-state index contributed by atoms with van der Waals surface area (Å²) in [6.07, 6.45) is 0.443. The summed E-state index contributed by atoms with van der Waals surface area (Å²) in [5, 5.41) is 7.28. The molecule has 2 N–H and O–H groups in total. The summed E-state index contributed by atoms with van der Waals surface area (Å²) in [6.45, 7) is 0. The van der Waals surface area contributed by atoms with Crippen LogP contribution < -0.4 is 15.4 Å². The van der Waals surface area contributed by atoms with Crippen molar-refractivity contribution in [3.63, 3.8) is 0 Å². The third-order valence-corrected chi connectivity index (χ3v) is 4.58. The quantitative estimate of drug-likeness (QED) is 0.896. The molecule has 1 fully saturated rings. The lowest BCUT2D eigenvalue weighted by Crippen LogP contribution is -2.58. The first-order valence-corrected chi connectivity index (χ1v) is 7.93. The summed E-state index contributed by atoms with van der Waals surface area (Å²) in [4.78, 5) is 25.5. The Morgan fingerprint density at radius 2 is 2.04 bits per heavy atom. The molecule has 0 spiro atoms.